The third-order valence-electron chi connectivity index (χ3n) is 3.01. The summed E-state index contributed by atoms with van der Waals surface area (Å²) in [4.78, 5) is 11.4. The van der Waals surface area contributed by atoms with Crippen molar-refractivity contribution in [3.8, 4) is 0 Å². The third-order valence-corrected chi connectivity index (χ3v) is 3.01. The monoisotopic (exact) mass is 215 g/mol. The summed E-state index contributed by atoms with van der Waals surface area (Å²) >= 11 is 0. The molecular weight excluding hydrogens is 194 g/mol. The van der Waals surface area contributed by atoms with E-state index in [-0.39, 0.29) is 24.5 Å². The lowest BCUT2D eigenvalue weighted by Crippen LogP contribution is -2.33. The van der Waals surface area contributed by atoms with Gasteiger partial charge in [0.05, 0.1) is 6.10 Å². The number of carbonyl (C=O) groups excluding carboxylic acids is 1. The average Bonchev–Trinajstić information content (AvgIpc) is 2.55. The number of hydrogen-bond acceptors (Lipinski definition) is 3. The predicted octanol–water partition coefficient (Wildman–Crippen LogP) is 0.425. The van der Waals surface area contributed by atoms with Crippen LogP contribution in [0.3, 0.4) is 0 Å². The first-order valence-corrected chi connectivity index (χ1v) is 5.75. The summed E-state index contributed by atoms with van der Waals surface area (Å²) in [7, 11) is 0. The van der Waals surface area contributed by atoms with Crippen molar-refractivity contribution in [1.82, 2.24) is 5.32 Å². The third kappa shape index (κ3) is 3.80. The van der Waals surface area contributed by atoms with Crippen LogP contribution < -0.4 is 5.32 Å². The topological polar surface area (TPSA) is 69.6 Å². The molecule has 0 aliphatic heterocycles. The molecule has 1 aliphatic carbocycles. The lowest BCUT2D eigenvalue weighted by atomic mass is 10.1. The van der Waals surface area contributed by atoms with Crippen LogP contribution in [0, 0.1) is 5.92 Å². The van der Waals surface area contributed by atoms with E-state index in [2.05, 4.69) is 5.32 Å². The highest BCUT2D eigenvalue weighted by Gasteiger charge is 2.32. The summed E-state index contributed by atoms with van der Waals surface area (Å²) in [6.07, 6.45) is 3.28. The van der Waals surface area contributed by atoms with Crippen molar-refractivity contribution in [3.05, 3.63) is 0 Å². The van der Waals surface area contributed by atoms with Gasteiger partial charge in [-0.2, -0.15) is 0 Å². The molecule has 0 heterocycles. The second kappa shape index (κ2) is 6.08. The molecule has 0 radical (unpaired) electrons. The standard InChI is InChI=1S/C11H21NO3/c1-2-3-4-11(15)12-9-5-8(7-13)10(14)6-9/h8-10,13-14H,2-7H2,1H3,(H,12,15)/t8-,9-,10-/m0/s1. The average molecular weight is 215 g/mol. The Morgan fingerprint density at radius 2 is 2.20 bits per heavy atom. The Labute approximate surface area is 90.7 Å². The first-order valence-electron chi connectivity index (χ1n) is 5.75. The summed E-state index contributed by atoms with van der Waals surface area (Å²) in [5, 5.41) is 21.4. The summed E-state index contributed by atoms with van der Waals surface area (Å²) in [6.45, 7) is 2.05. The van der Waals surface area contributed by atoms with E-state index in [1.807, 2.05) is 6.92 Å². The fraction of sp³-hybridized carbons (Fsp3) is 0.909. The Hall–Kier alpha value is -0.610. The van der Waals surface area contributed by atoms with Gasteiger partial charge in [0.25, 0.3) is 0 Å². The van der Waals surface area contributed by atoms with E-state index in [0.717, 1.165) is 12.8 Å². The second-order valence-electron chi connectivity index (χ2n) is 4.35. The minimum absolute atomic E-state index is 0.00248. The Bertz CT molecular complexity index is 208. The largest absolute Gasteiger partial charge is 0.396 e. The van der Waals surface area contributed by atoms with Crippen LogP contribution in [-0.4, -0.2) is 34.9 Å². The summed E-state index contributed by atoms with van der Waals surface area (Å²) in [5.41, 5.74) is 0. The smallest absolute Gasteiger partial charge is 0.220 e. The summed E-state index contributed by atoms with van der Waals surface area (Å²) in [5.74, 6) is -0.00545. The Kier molecular flexibility index (Phi) is 5.05. The molecule has 0 saturated heterocycles. The van der Waals surface area contributed by atoms with Gasteiger partial charge in [0.1, 0.15) is 0 Å². The zero-order valence-corrected chi connectivity index (χ0v) is 9.28. The van der Waals surface area contributed by atoms with Crippen LogP contribution >= 0.6 is 0 Å². The van der Waals surface area contributed by atoms with Crippen molar-refractivity contribution in [3.63, 3.8) is 0 Å². The van der Waals surface area contributed by atoms with Crippen LogP contribution in [0.4, 0.5) is 0 Å². The maximum Gasteiger partial charge on any atom is 0.220 e. The molecule has 4 heteroatoms. The Morgan fingerprint density at radius 3 is 2.73 bits per heavy atom. The first kappa shape index (κ1) is 12.5. The normalized spacial score (nSPS) is 30.5. The van der Waals surface area contributed by atoms with E-state index in [0.29, 0.717) is 19.3 Å². The molecule has 1 rings (SSSR count). The fourth-order valence-corrected chi connectivity index (χ4v) is 2.05. The van der Waals surface area contributed by atoms with Crippen molar-refractivity contribution < 1.29 is 15.0 Å². The van der Waals surface area contributed by atoms with Crippen molar-refractivity contribution in [2.75, 3.05) is 6.61 Å². The molecule has 0 spiro atoms. The molecule has 1 aliphatic rings. The van der Waals surface area contributed by atoms with Crippen molar-refractivity contribution in [1.29, 1.82) is 0 Å². The molecule has 4 nitrogen and oxygen atoms in total. The van der Waals surface area contributed by atoms with E-state index < -0.39 is 6.10 Å². The van der Waals surface area contributed by atoms with Gasteiger partial charge in [-0.15, -0.1) is 0 Å². The van der Waals surface area contributed by atoms with E-state index in [4.69, 9.17) is 5.11 Å². The lowest BCUT2D eigenvalue weighted by Gasteiger charge is -2.11. The van der Waals surface area contributed by atoms with Crippen LogP contribution in [0.15, 0.2) is 0 Å². The number of hydrogen-bond donors (Lipinski definition) is 3. The van der Waals surface area contributed by atoms with Gasteiger partial charge in [0.15, 0.2) is 0 Å². The van der Waals surface area contributed by atoms with Crippen LogP contribution in [0.2, 0.25) is 0 Å². The second-order valence-corrected chi connectivity index (χ2v) is 4.35. The van der Waals surface area contributed by atoms with Crippen LogP contribution in [0.5, 0.6) is 0 Å². The quantitative estimate of drug-likeness (QED) is 0.622. The molecular formula is C11H21NO3. The minimum atomic E-state index is -0.466. The van der Waals surface area contributed by atoms with Crippen molar-refractivity contribution in [2.45, 2.75) is 51.2 Å². The van der Waals surface area contributed by atoms with Gasteiger partial charge in [-0.1, -0.05) is 13.3 Å². The number of nitrogens with one attached hydrogen (secondary N) is 1. The Balaban J connectivity index is 2.25. The molecule has 0 aromatic rings. The van der Waals surface area contributed by atoms with Crippen molar-refractivity contribution in [2.24, 2.45) is 5.92 Å². The molecule has 15 heavy (non-hydrogen) atoms. The molecule has 3 N–H and O–H groups in total. The van der Waals surface area contributed by atoms with Gasteiger partial charge >= 0.3 is 0 Å². The highest BCUT2D eigenvalue weighted by molar-refractivity contribution is 5.76. The maximum atomic E-state index is 11.4. The number of aliphatic hydroxyl groups is 2. The van der Waals surface area contributed by atoms with Gasteiger partial charge < -0.3 is 15.5 Å². The molecule has 3 atom stereocenters. The zero-order valence-electron chi connectivity index (χ0n) is 9.28. The summed E-state index contributed by atoms with van der Waals surface area (Å²) in [6, 6.07) is 0.0431. The molecule has 0 aromatic carbocycles. The Morgan fingerprint density at radius 1 is 1.47 bits per heavy atom. The van der Waals surface area contributed by atoms with E-state index >= 15 is 0 Å². The molecule has 0 unspecified atom stereocenters. The number of rotatable bonds is 5. The fourth-order valence-electron chi connectivity index (χ4n) is 2.05. The summed E-state index contributed by atoms with van der Waals surface area (Å²) < 4.78 is 0. The van der Waals surface area contributed by atoms with E-state index in [1.54, 1.807) is 0 Å². The predicted molar refractivity (Wildman–Crippen MR) is 57.3 cm³/mol. The van der Waals surface area contributed by atoms with Gasteiger partial charge in [0, 0.05) is 25.0 Å². The zero-order chi connectivity index (χ0) is 11.3. The van der Waals surface area contributed by atoms with Gasteiger partial charge in [-0.05, 0) is 19.3 Å². The van der Waals surface area contributed by atoms with Crippen LogP contribution in [-0.2, 0) is 4.79 Å². The van der Waals surface area contributed by atoms with Crippen LogP contribution in [0.25, 0.3) is 0 Å². The van der Waals surface area contributed by atoms with E-state index in [1.165, 1.54) is 0 Å². The number of amides is 1. The molecule has 0 bridgehead atoms. The molecule has 1 amide bonds. The number of unbranched alkanes of at least 4 members (excludes halogenated alkanes) is 1. The van der Waals surface area contributed by atoms with Crippen molar-refractivity contribution >= 4 is 5.91 Å². The van der Waals surface area contributed by atoms with E-state index in [9.17, 15) is 9.90 Å². The SMILES string of the molecule is CCCCC(=O)N[C@H]1C[C@@H](CO)[C@@H](O)C1. The van der Waals surface area contributed by atoms with Gasteiger partial charge in [-0.3, -0.25) is 4.79 Å². The number of carbonyl (C=O) groups is 1. The molecule has 0 aromatic heterocycles. The lowest BCUT2D eigenvalue weighted by molar-refractivity contribution is -0.121. The maximum absolute atomic E-state index is 11.4. The molecule has 88 valence electrons. The number of aliphatic hydroxyl groups excluding tert-OH is 2. The van der Waals surface area contributed by atoms with Gasteiger partial charge in [0.2, 0.25) is 5.91 Å². The molecule has 1 saturated carbocycles. The highest BCUT2D eigenvalue weighted by Crippen LogP contribution is 2.25. The minimum Gasteiger partial charge on any atom is -0.396 e. The first-order chi connectivity index (χ1) is 7.17. The van der Waals surface area contributed by atoms with Gasteiger partial charge in [-0.25, -0.2) is 0 Å². The highest BCUT2D eigenvalue weighted by atomic mass is 16.3. The molecule has 1 fully saturated rings. The van der Waals surface area contributed by atoms with Crippen LogP contribution in [0.1, 0.15) is 39.0 Å².